The van der Waals surface area contributed by atoms with Crippen molar-refractivity contribution in [3.05, 3.63) is 47.9 Å². The van der Waals surface area contributed by atoms with E-state index in [1.165, 1.54) is 19.4 Å². The van der Waals surface area contributed by atoms with Gasteiger partial charge in [-0.05, 0) is 35.9 Å². The molecule has 0 bridgehead atoms. The molecule has 0 saturated carbocycles. The van der Waals surface area contributed by atoms with E-state index in [1.54, 1.807) is 35.4 Å². The van der Waals surface area contributed by atoms with Crippen LogP contribution in [0.25, 0.3) is 0 Å². The summed E-state index contributed by atoms with van der Waals surface area (Å²) in [6.07, 6.45) is 3.10. The van der Waals surface area contributed by atoms with Crippen LogP contribution in [0.4, 0.5) is 0 Å². The zero-order chi connectivity index (χ0) is 18.5. The second kappa shape index (κ2) is 7.73. The minimum Gasteiger partial charge on any atom is -0.504 e. The number of aromatic hydroxyl groups is 1. The van der Waals surface area contributed by atoms with Crippen LogP contribution in [0.3, 0.4) is 0 Å². The van der Waals surface area contributed by atoms with Crippen LogP contribution in [0, 0.1) is 5.92 Å². The van der Waals surface area contributed by atoms with Crippen LogP contribution in [-0.2, 0) is 16.1 Å². The predicted molar refractivity (Wildman–Crippen MR) is 92.6 cm³/mol. The maximum Gasteiger partial charge on any atom is 0.245 e. The minimum absolute atomic E-state index is 0.0160. The van der Waals surface area contributed by atoms with Gasteiger partial charge in [0.15, 0.2) is 11.5 Å². The van der Waals surface area contributed by atoms with E-state index in [0.29, 0.717) is 30.2 Å². The summed E-state index contributed by atoms with van der Waals surface area (Å²) in [6.45, 7) is 0.675. The Morgan fingerprint density at radius 3 is 3.04 bits per heavy atom. The highest BCUT2D eigenvalue weighted by Crippen LogP contribution is 2.25. The SMILES string of the molecule is COc1ccc(/C=N/NC(=O)C2CC(=O)N(Cc3ccco3)C2)cc1O. The van der Waals surface area contributed by atoms with Gasteiger partial charge in [0, 0.05) is 13.0 Å². The Morgan fingerprint density at radius 1 is 1.50 bits per heavy atom. The van der Waals surface area contributed by atoms with Crippen LogP contribution in [0.2, 0.25) is 0 Å². The lowest BCUT2D eigenvalue weighted by Crippen LogP contribution is -2.30. The average Bonchev–Trinajstić information content (AvgIpc) is 3.26. The van der Waals surface area contributed by atoms with Gasteiger partial charge >= 0.3 is 0 Å². The Kier molecular flexibility index (Phi) is 5.21. The number of amides is 2. The Hall–Kier alpha value is -3.29. The number of furan rings is 1. The molecule has 1 aromatic heterocycles. The number of methoxy groups -OCH3 is 1. The monoisotopic (exact) mass is 357 g/mol. The number of hydrazone groups is 1. The van der Waals surface area contributed by atoms with Crippen LogP contribution in [0.1, 0.15) is 17.7 Å². The van der Waals surface area contributed by atoms with E-state index in [9.17, 15) is 14.7 Å². The molecule has 1 aliphatic rings. The van der Waals surface area contributed by atoms with Gasteiger partial charge in [0.1, 0.15) is 5.76 Å². The number of nitrogens with one attached hydrogen (secondary N) is 1. The maximum absolute atomic E-state index is 12.2. The summed E-state index contributed by atoms with van der Waals surface area (Å²) >= 11 is 0. The summed E-state index contributed by atoms with van der Waals surface area (Å²) in [5.41, 5.74) is 3.04. The van der Waals surface area contributed by atoms with Crippen molar-refractivity contribution in [3.8, 4) is 11.5 Å². The molecule has 2 heterocycles. The number of phenolic OH excluding ortho intramolecular Hbond substituents is 1. The molecule has 1 atom stereocenters. The molecular weight excluding hydrogens is 338 g/mol. The van der Waals surface area contributed by atoms with Crippen molar-refractivity contribution in [2.24, 2.45) is 11.0 Å². The number of hydrogen-bond acceptors (Lipinski definition) is 6. The van der Waals surface area contributed by atoms with Crippen molar-refractivity contribution in [2.75, 3.05) is 13.7 Å². The summed E-state index contributed by atoms with van der Waals surface area (Å²) in [4.78, 5) is 25.8. The first kappa shape index (κ1) is 17.5. The molecule has 8 heteroatoms. The van der Waals surface area contributed by atoms with E-state index in [2.05, 4.69) is 10.5 Å². The fourth-order valence-corrected chi connectivity index (χ4v) is 2.74. The standard InChI is InChI=1S/C18H19N3O5/c1-25-16-5-4-12(7-15(16)22)9-19-20-18(24)13-8-17(23)21(10-13)11-14-3-2-6-26-14/h2-7,9,13,22H,8,10-11H2,1H3,(H,20,24)/b19-9+. The van der Waals surface area contributed by atoms with Gasteiger partial charge in [-0.2, -0.15) is 5.10 Å². The van der Waals surface area contributed by atoms with E-state index in [4.69, 9.17) is 9.15 Å². The zero-order valence-corrected chi connectivity index (χ0v) is 14.2. The molecule has 26 heavy (non-hydrogen) atoms. The van der Waals surface area contributed by atoms with Crippen molar-refractivity contribution >= 4 is 18.0 Å². The number of hydrogen-bond donors (Lipinski definition) is 2. The third-order valence-electron chi connectivity index (χ3n) is 4.10. The molecule has 0 spiro atoms. The topological polar surface area (TPSA) is 104 Å². The number of phenols is 1. The number of ether oxygens (including phenoxy) is 1. The quantitative estimate of drug-likeness (QED) is 0.602. The second-order valence-corrected chi connectivity index (χ2v) is 5.92. The first-order chi connectivity index (χ1) is 12.6. The van der Waals surface area contributed by atoms with Gasteiger partial charge in [-0.15, -0.1) is 0 Å². The van der Waals surface area contributed by atoms with Gasteiger partial charge in [-0.25, -0.2) is 5.43 Å². The first-order valence-electron chi connectivity index (χ1n) is 8.07. The Labute approximate surface area is 150 Å². The van der Waals surface area contributed by atoms with Gasteiger partial charge < -0.3 is 19.2 Å². The molecule has 3 rings (SSSR count). The Bertz CT molecular complexity index is 816. The van der Waals surface area contributed by atoms with Gasteiger partial charge in [0.05, 0.1) is 32.1 Å². The largest absolute Gasteiger partial charge is 0.504 e. The van der Waals surface area contributed by atoms with Crippen molar-refractivity contribution < 1.29 is 23.8 Å². The van der Waals surface area contributed by atoms with Crippen molar-refractivity contribution in [3.63, 3.8) is 0 Å². The molecule has 0 aliphatic carbocycles. The second-order valence-electron chi connectivity index (χ2n) is 5.92. The van der Waals surface area contributed by atoms with Crippen LogP contribution in [-0.4, -0.2) is 41.7 Å². The number of rotatable bonds is 6. The average molecular weight is 357 g/mol. The fraction of sp³-hybridized carbons (Fsp3) is 0.278. The molecule has 1 fully saturated rings. The highest BCUT2D eigenvalue weighted by atomic mass is 16.5. The molecule has 1 unspecified atom stereocenters. The lowest BCUT2D eigenvalue weighted by atomic mass is 10.1. The van der Waals surface area contributed by atoms with Crippen LogP contribution >= 0.6 is 0 Å². The van der Waals surface area contributed by atoms with Gasteiger partial charge in [-0.3, -0.25) is 9.59 Å². The normalized spacial score (nSPS) is 17.0. The third-order valence-corrected chi connectivity index (χ3v) is 4.10. The summed E-state index contributed by atoms with van der Waals surface area (Å²) in [6, 6.07) is 8.30. The van der Waals surface area contributed by atoms with Crippen LogP contribution in [0.15, 0.2) is 46.1 Å². The number of carbonyl (C=O) groups excluding carboxylic acids is 2. The number of likely N-dealkylation sites (tertiary alicyclic amines) is 1. The van der Waals surface area contributed by atoms with Crippen LogP contribution < -0.4 is 10.2 Å². The molecule has 136 valence electrons. The molecular formula is C18H19N3O5. The highest BCUT2D eigenvalue weighted by molar-refractivity contribution is 5.90. The molecule has 0 radical (unpaired) electrons. The summed E-state index contributed by atoms with van der Waals surface area (Å²) < 4.78 is 10.2. The minimum atomic E-state index is -0.459. The fourth-order valence-electron chi connectivity index (χ4n) is 2.74. The lowest BCUT2D eigenvalue weighted by molar-refractivity contribution is -0.129. The third kappa shape index (κ3) is 4.02. The number of nitrogens with zero attached hydrogens (tertiary/aromatic N) is 2. The van der Waals surface area contributed by atoms with E-state index in [1.807, 2.05) is 0 Å². The van der Waals surface area contributed by atoms with Crippen molar-refractivity contribution in [2.45, 2.75) is 13.0 Å². The van der Waals surface area contributed by atoms with E-state index < -0.39 is 5.92 Å². The smallest absolute Gasteiger partial charge is 0.245 e. The van der Waals surface area contributed by atoms with Crippen molar-refractivity contribution in [1.29, 1.82) is 0 Å². The molecule has 8 nitrogen and oxygen atoms in total. The van der Waals surface area contributed by atoms with Gasteiger partial charge in [0.2, 0.25) is 11.8 Å². The Morgan fingerprint density at radius 2 is 2.35 bits per heavy atom. The maximum atomic E-state index is 12.2. The van der Waals surface area contributed by atoms with Gasteiger partial charge in [0.25, 0.3) is 0 Å². The highest BCUT2D eigenvalue weighted by Gasteiger charge is 2.34. The molecule has 1 saturated heterocycles. The van der Waals surface area contributed by atoms with Crippen LogP contribution in [0.5, 0.6) is 11.5 Å². The first-order valence-corrected chi connectivity index (χ1v) is 8.07. The lowest BCUT2D eigenvalue weighted by Gasteiger charge is -2.14. The zero-order valence-electron chi connectivity index (χ0n) is 14.2. The van der Waals surface area contributed by atoms with Crippen molar-refractivity contribution in [1.82, 2.24) is 10.3 Å². The number of carbonyl (C=O) groups is 2. The molecule has 1 aliphatic heterocycles. The Balaban J connectivity index is 1.53. The summed E-state index contributed by atoms with van der Waals surface area (Å²) in [7, 11) is 1.46. The van der Waals surface area contributed by atoms with Gasteiger partial charge in [-0.1, -0.05) is 0 Å². The van der Waals surface area contributed by atoms with E-state index in [0.717, 1.165) is 0 Å². The molecule has 2 aromatic rings. The number of benzene rings is 1. The van der Waals surface area contributed by atoms with E-state index >= 15 is 0 Å². The molecule has 2 N–H and O–H groups in total. The predicted octanol–water partition coefficient (Wildman–Crippen LogP) is 1.49. The molecule has 2 amide bonds. The summed E-state index contributed by atoms with van der Waals surface area (Å²) in [5, 5.41) is 13.6. The molecule has 1 aromatic carbocycles. The van der Waals surface area contributed by atoms with E-state index in [-0.39, 0.29) is 24.0 Å². The summed E-state index contributed by atoms with van der Waals surface area (Å²) in [5.74, 6) is 0.139.